The molecule has 5 rings (SSSR count). The molecule has 0 radical (unpaired) electrons. The quantitative estimate of drug-likeness (QED) is 0.253. The molecule has 1 aliphatic rings. The first kappa shape index (κ1) is 22.7. The molecule has 0 amide bonds. The molecule has 0 spiro atoms. The summed E-state index contributed by atoms with van der Waals surface area (Å²) in [6.07, 6.45) is 2.63. The third kappa shape index (κ3) is 4.89. The Hall–Kier alpha value is -3.08. The monoisotopic (exact) mass is 469 g/mol. The predicted octanol–water partition coefficient (Wildman–Crippen LogP) is 7.50. The van der Waals surface area contributed by atoms with Crippen molar-refractivity contribution in [1.82, 2.24) is 4.90 Å². The van der Waals surface area contributed by atoms with Gasteiger partial charge in [0.2, 0.25) is 0 Å². The summed E-state index contributed by atoms with van der Waals surface area (Å²) in [6, 6.07) is 25.3. The number of rotatable bonds is 9. The van der Waals surface area contributed by atoms with E-state index in [1.54, 1.807) is 0 Å². The summed E-state index contributed by atoms with van der Waals surface area (Å²) in [5.74, 6) is 1.81. The third-order valence-electron chi connectivity index (χ3n) is 6.40. The first-order valence-corrected chi connectivity index (χ1v) is 12.9. The fourth-order valence-electron chi connectivity index (χ4n) is 4.61. The summed E-state index contributed by atoms with van der Waals surface area (Å²) in [5.41, 5.74) is 4.53. The summed E-state index contributed by atoms with van der Waals surface area (Å²) < 4.78 is 12.9. The summed E-state index contributed by atoms with van der Waals surface area (Å²) in [4.78, 5) is 3.72. The lowest BCUT2D eigenvalue weighted by atomic mass is 9.94. The van der Waals surface area contributed by atoms with Gasteiger partial charge in [-0.05, 0) is 92.0 Å². The Morgan fingerprint density at radius 1 is 0.882 bits per heavy atom. The highest BCUT2D eigenvalue weighted by molar-refractivity contribution is 7.22. The van der Waals surface area contributed by atoms with Crippen LogP contribution in [0.5, 0.6) is 11.5 Å². The lowest BCUT2D eigenvalue weighted by molar-refractivity contribution is 0.238. The number of likely N-dealkylation sites (tertiary alicyclic amines) is 1. The van der Waals surface area contributed by atoms with E-state index < -0.39 is 0 Å². The molecule has 2 heterocycles. The van der Waals surface area contributed by atoms with Gasteiger partial charge in [0.15, 0.2) is 0 Å². The van der Waals surface area contributed by atoms with E-state index in [1.165, 1.54) is 52.0 Å². The number of ether oxygens (including phenoxy) is 2. The van der Waals surface area contributed by atoms with Crippen LogP contribution in [0.25, 0.3) is 26.1 Å². The first-order valence-electron chi connectivity index (χ1n) is 12.1. The van der Waals surface area contributed by atoms with Crippen LogP contribution >= 0.6 is 11.3 Å². The number of hydrogen-bond donors (Lipinski definition) is 0. The Labute approximate surface area is 206 Å². The molecule has 1 aliphatic heterocycles. The normalized spacial score (nSPS) is 13.9. The van der Waals surface area contributed by atoms with Gasteiger partial charge in [0.05, 0.1) is 6.61 Å². The summed E-state index contributed by atoms with van der Waals surface area (Å²) in [7, 11) is 0. The van der Waals surface area contributed by atoms with Crippen molar-refractivity contribution in [3.63, 3.8) is 0 Å². The van der Waals surface area contributed by atoms with E-state index >= 15 is 0 Å². The lowest BCUT2D eigenvalue weighted by Crippen LogP contribution is -2.25. The summed E-state index contributed by atoms with van der Waals surface area (Å²) >= 11 is 1.82. The molecule has 0 atom stereocenters. The van der Waals surface area contributed by atoms with Crippen molar-refractivity contribution >= 4 is 27.0 Å². The van der Waals surface area contributed by atoms with Crippen molar-refractivity contribution < 1.29 is 9.47 Å². The molecule has 3 aromatic carbocycles. The van der Waals surface area contributed by atoms with E-state index in [2.05, 4.69) is 72.1 Å². The SMILES string of the molecule is C=C(c1ccc(OCC)cc1)c1c(-c2ccc(OCCN3CCCC3)cc2)sc2ccccc12. The molecule has 0 bridgehead atoms. The third-order valence-corrected chi connectivity index (χ3v) is 7.62. The molecule has 4 aromatic rings. The zero-order valence-electron chi connectivity index (χ0n) is 19.8. The van der Waals surface area contributed by atoms with E-state index in [0.717, 1.165) is 35.8 Å². The van der Waals surface area contributed by atoms with Crippen molar-refractivity contribution in [1.29, 1.82) is 0 Å². The van der Waals surface area contributed by atoms with Gasteiger partial charge in [0.25, 0.3) is 0 Å². The molecule has 1 aromatic heterocycles. The molecular formula is C30H31NO2S. The predicted molar refractivity (Wildman–Crippen MR) is 144 cm³/mol. The number of thiophene rings is 1. The number of benzene rings is 3. The zero-order valence-corrected chi connectivity index (χ0v) is 20.6. The minimum absolute atomic E-state index is 0.664. The Morgan fingerprint density at radius 3 is 2.29 bits per heavy atom. The van der Waals surface area contributed by atoms with E-state index in [1.807, 2.05) is 30.4 Å². The minimum atomic E-state index is 0.664. The van der Waals surface area contributed by atoms with Gasteiger partial charge in [-0.2, -0.15) is 0 Å². The minimum Gasteiger partial charge on any atom is -0.494 e. The fourth-order valence-corrected chi connectivity index (χ4v) is 5.85. The standard InChI is InChI=1S/C30H31NO2S/c1-3-32-25-14-10-23(11-15-25)22(2)29-27-8-4-5-9-28(27)34-30(29)24-12-16-26(17-13-24)33-21-20-31-18-6-7-19-31/h4-5,8-17H,2-3,6-7,18-21H2,1H3. The van der Waals surface area contributed by atoms with Crippen molar-refractivity contribution in [2.75, 3.05) is 32.8 Å². The van der Waals surface area contributed by atoms with Crippen molar-refractivity contribution in [3.8, 4) is 21.9 Å². The van der Waals surface area contributed by atoms with Crippen LogP contribution in [0.15, 0.2) is 79.4 Å². The highest BCUT2D eigenvalue weighted by atomic mass is 32.1. The van der Waals surface area contributed by atoms with Crippen LogP contribution in [-0.2, 0) is 0 Å². The van der Waals surface area contributed by atoms with Crippen molar-refractivity contribution in [3.05, 3.63) is 90.5 Å². The summed E-state index contributed by atoms with van der Waals surface area (Å²) in [6.45, 7) is 11.3. The van der Waals surface area contributed by atoms with Crippen LogP contribution in [0.4, 0.5) is 0 Å². The molecule has 34 heavy (non-hydrogen) atoms. The highest BCUT2D eigenvalue weighted by Crippen LogP contribution is 2.44. The Morgan fingerprint density at radius 2 is 1.56 bits per heavy atom. The van der Waals surface area contributed by atoms with Gasteiger partial charge in [-0.3, -0.25) is 4.90 Å². The maximum absolute atomic E-state index is 6.03. The molecule has 174 valence electrons. The van der Waals surface area contributed by atoms with Crippen LogP contribution < -0.4 is 9.47 Å². The molecular weight excluding hydrogens is 438 g/mol. The summed E-state index contributed by atoms with van der Waals surface area (Å²) in [5, 5.41) is 1.24. The molecule has 0 aliphatic carbocycles. The van der Waals surface area contributed by atoms with E-state index in [-0.39, 0.29) is 0 Å². The zero-order chi connectivity index (χ0) is 23.3. The maximum atomic E-state index is 6.03. The van der Waals surface area contributed by atoms with Crippen LogP contribution in [0.2, 0.25) is 0 Å². The second kappa shape index (κ2) is 10.5. The molecule has 0 saturated carbocycles. The first-order chi connectivity index (χ1) is 16.7. The van der Waals surface area contributed by atoms with Gasteiger partial charge in [-0.15, -0.1) is 11.3 Å². The molecule has 1 saturated heterocycles. The van der Waals surface area contributed by atoms with Crippen molar-refractivity contribution in [2.45, 2.75) is 19.8 Å². The average molecular weight is 470 g/mol. The second-order valence-electron chi connectivity index (χ2n) is 8.66. The molecule has 1 fully saturated rings. The Kier molecular flexibility index (Phi) is 6.98. The van der Waals surface area contributed by atoms with Crippen LogP contribution in [0, 0.1) is 0 Å². The Balaban J connectivity index is 1.40. The number of hydrogen-bond acceptors (Lipinski definition) is 4. The van der Waals surface area contributed by atoms with Gasteiger partial charge in [0, 0.05) is 27.1 Å². The van der Waals surface area contributed by atoms with E-state index in [4.69, 9.17) is 9.47 Å². The number of fused-ring (bicyclic) bond motifs is 1. The molecule has 4 heteroatoms. The highest BCUT2D eigenvalue weighted by Gasteiger charge is 2.18. The largest absolute Gasteiger partial charge is 0.494 e. The molecule has 0 N–H and O–H groups in total. The van der Waals surface area contributed by atoms with Crippen LogP contribution in [-0.4, -0.2) is 37.7 Å². The van der Waals surface area contributed by atoms with Gasteiger partial charge in [-0.25, -0.2) is 0 Å². The fraction of sp³-hybridized carbons (Fsp3) is 0.267. The van der Waals surface area contributed by atoms with Gasteiger partial charge >= 0.3 is 0 Å². The smallest absolute Gasteiger partial charge is 0.119 e. The second-order valence-corrected chi connectivity index (χ2v) is 9.71. The molecule has 3 nitrogen and oxygen atoms in total. The molecule has 0 unspecified atom stereocenters. The van der Waals surface area contributed by atoms with Gasteiger partial charge in [0.1, 0.15) is 18.1 Å². The van der Waals surface area contributed by atoms with E-state index in [9.17, 15) is 0 Å². The van der Waals surface area contributed by atoms with Gasteiger partial charge in [-0.1, -0.05) is 36.9 Å². The topological polar surface area (TPSA) is 21.7 Å². The average Bonchev–Trinajstić information content (AvgIpc) is 3.53. The van der Waals surface area contributed by atoms with Crippen LogP contribution in [0.3, 0.4) is 0 Å². The van der Waals surface area contributed by atoms with Gasteiger partial charge < -0.3 is 9.47 Å². The Bertz CT molecular complexity index is 1250. The van der Waals surface area contributed by atoms with Crippen molar-refractivity contribution in [2.24, 2.45) is 0 Å². The lowest BCUT2D eigenvalue weighted by Gasteiger charge is -2.15. The van der Waals surface area contributed by atoms with Crippen LogP contribution in [0.1, 0.15) is 30.9 Å². The number of nitrogens with zero attached hydrogens (tertiary/aromatic N) is 1. The van der Waals surface area contributed by atoms with E-state index in [0.29, 0.717) is 6.61 Å². The maximum Gasteiger partial charge on any atom is 0.119 e.